The van der Waals surface area contributed by atoms with Gasteiger partial charge in [-0.15, -0.1) is 0 Å². The first-order valence-corrected chi connectivity index (χ1v) is 7.11. The van der Waals surface area contributed by atoms with Crippen LogP contribution >= 0.6 is 0 Å². The van der Waals surface area contributed by atoms with Crippen LogP contribution in [-0.2, 0) is 6.42 Å². The highest BCUT2D eigenvalue weighted by atomic mass is 16.5. The number of methoxy groups -OCH3 is 1. The summed E-state index contributed by atoms with van der Waals surface area (Å²) in [7, 11) is 1.73. The standard InChI is InChI=1S/C16H22N2O/c1-10(2)8-15-16-12(6-7-17-15)13-9-11(19-3)4-5-14(13)18-16/h4-5,9-10,15,17-18H,6-8H2,1-3H3. The summed E-state index contributed by atoms with van der Waals surface area (Å²) < 4.78 is 5.34. The topological polar surface area (TPSA) is 37.0 Å². The summed E-state index contributed by atoms with van der Waals surface area (Å²) in [4.78, 5) is 3.60. The maximum absolute atomic E-state index is 5.34. The van der Waals surface area contributed by atoms with Crippen molar-refractivity contribution in [2.24, 2.45) is 5.92 Å². The number of nitrogens with one attached hydrogen (secondary N) is 2. The molecule has 0 bridgehead atoms. The first kappa shape index (κ1) is 12.5. The van der Waals surface area contributed by atoms with E-state index in [4.69, 9.17) is 4.74 Å². The summed E-state index contributed by atoms with van der Waals surface area (Å²) in [5.41, 5.74) is 4.07. The highest BCUT2D eigenvalue weighted by Gasteiger charge is 2.24. The Kier molecular flexibility index (Phi) is 3.23. The molecule has 102 valence electrons. The summed E-state index contributed by atoms with van der Waals surface area (Å²) in [6.07, 6.45) is 2.27. The van der Waals surface area contributed by atoms with Crippen LogP contribution in [-0.4, -0.2) is 18.6 Å². The van der Waals surface area contributed by atoms with Gasteiger partial charge in [0.25, 0.3) is 0 Å². The lowest BCUT2D eigenvalue weighted by Crippen LogP contribution is -2.30. The Bertz CT molecular complexity index is 586. The molecule has 1 atom stereocenters. The summed E-state index contributed by atoms with van der Waals surface area (Å²) in [5, 5.41) is 4.96. The lowest BCUT2D eigenvalue weighted by molar-refractivity contribution is 0.409. The Morgan fingerprint density at radius 1 is 1.37 bits per heavy atom. The minimum absolute atomic E-state index is 0.460. The smallest absolute Gasteiger partial charge is 0.119 e. The van der Waals surface area contributed by atoms with Crippen LogP contribution in [0.2, 0.25) is 0 Å². The molecule has 19 heavy (non-hydrogen) atoms. The van der Waals surface area contributed by atoms with Crippen molar-refractivity contribution in [3.05, 3.63) is 29.5 Å². The summed E-state index contributed by atoms with van der Waals surface area (Å²) >= 11 is 0. The number of fused-ring (bicyclic) bond motifs is 3. The predicted octanol–water partition coefficient (Wildman–Crippen LogP) is 3.41. The lowest BCUT2D eigenvalue weighted by atomic mass is 9.93. The zero-order valence-electron chi connectivity index (χ0n) is 11.9. The number of H-pyrrole nitrogens is 1. The van der Waals surface area contributed by atoms with Crippen LogP contribution in [0.1, 0.15) is 37.6 Å². The highest BCUT2D eigenvalue weighted by Crippen LogP contribution is 2.34. The van der Waals surface area contributed by atoms with Gasteiger partial charge in [0.05, 0.1) is 7.11 Å². The van der Waals surface area contributed by atoms with E-state index in [0.717, 1.165) is 18.7 Å². The average Bonchev–Trinajstić information content (AvgIpc) is 2.77. The molecule has 1 aliphatic rings. The molecule has 0 amide bonds. The molecule has 3 nitrogen and oxygen atoms in total. The number of benzene rings is 1. The summed E-state index contributed by atoms with van der Waals surface area (Å²) in [6, 6.07) is 6.76. The quantitative estimate of drug-likeness (QED) is 0.885. The van der Waals surface area contributed by atoms with Gasteiger partial charge in [-0.2, -0.15) is 0 Å². The number of rotatable bonds is 3. The molecule has 0 spiro atoms. The maximum atomic E-state index is 5.34. The fraction of sp³-hybridized carbons (Fsp3) is 0.500. The Hall–Kier alpha value is -1.48. The van der Waals surface area contributed by atoms with Gasteiger partial charge in [-0.3, -0.25) is 0 Å². The lowest BCUT2D eigenvalue weighted by Gasteiger charge is -2.25. The fourth-order valence-corrected chi connectivity index (χ4v) is 3.09. The molecule has 0 fully saturated rings. The molecule has 2 heterocycles. The zero-order valence-corrected chi connectivity index (χ0v) is 11.9. The molecule has 1 aromatic carbocycles. The molecule has 0 saturated heterocycles. The second-order valence-electron chi connectivity index (χ2n) is 5.82. The van der Waals surface area contributed by atoms with E-state index in [-0.39, 0.29) is 0 Å². The third-order valence-corrected chi connectivity index (χ3v) is 3.97. The van der Waals surface area contributed by atoms with Gasteiger partial charge >= 0.3 is 0 Å². The third-order valence-electron chi connectivity index (χ3n) is 3.97. The normalized spacial score (nSPS) is 18.8. The summed E-state index contributed by atoms with van der Waals surface area (Å²) in [5.74, 6) is 1.64. The monoisotopic (exact) mass is 258 g/mol. The number of hydrogen-bond donors (Lipinski definition) is 2. The third kappa shape index (κ3) is 2.23. The molecule has 2 aromatic rings. The van der Waals surface area contributed by atoms with Crippen molar-refractivity contribution in [3.63, 3.8) is 0 Å². The second-order valence-corrected chi connectivity index (χ2v) is 5.82. The Morgan fingerprint density at radius 2 is 2.21 bits per heavy atom. The van der Waals surface area contributed by atoms with E-state index in [0.29, 0.717) is 12.0 Å². The molecule has 2 N–H and O–H groups in total. The van der Waals surface area contributed by atoms with Gasteiger partial charge < -0.3 is 15.0 Å². The molecule has 1 aliphatic heterocycles. The second kappa shape index (κ2) is 4.89. The molecule has 1 unspecified atom stereocenters. The van der Waals surface area contributed by atoms with E-state index < -0.39 is 0 Å². The molecule has 0 saturated carbocycles. The van der Waals surface area contributed by atoms with Crippen molar-refractivity contribution < 1.29 is 4.74 Å². The van der Waals surface area contributed by atoms with E-state index in [9.17, 15) is 0 Å². The molecule has 1 aromatic heterocycles. The van der Waals surface area contributed by atoms with Gasteiger partial charge in [-0.25, -0.2) is 0 Å². The Morgan fingerprint density at radius 3 is 2.95 bits per heavy atom. The predicted molar refractivity (Wildman–Crippen MR) is 78.8 cm³/mol. The SMILES string of the molecule is COc1ccc2[nH]c3c(c2c1)CCNC3CC(C)C. The molecular weight excluding hydrogens is 236 g/mol. The van der Waals surface area contributed by atoms with E-state index in [2.05, 4.69) is 36.3 Å². The number of aromatic nitrogens is 1. The zero-order chi connectivity index (χ0) is 13.4. The summed E-state index contributed by atoms with van der Waals surface area (Å²) in [6.45, 7) is 5.62. The van der Waals surface area contributed by atoms with Crippen LogP contribution in [0.3, 0.4) is 0 Å². The van der Waals surface area contributed by atoms with E-state index >= 15 is 0 Å². The van der Waals surface area contributed by atoms with Gasteiger partial charge in [0.2, 0.25) is 0 Å². The van der Waals surface area contributed by atoms with Crippen LogP contribution in [0.4, 0.5) is 0 Å². The first-order valence-electron chi connectivity index (χ1n) is 7.11. The van der Waals surface area contributed by atoms with Crippen LogP contribution in [0.15, 0.2) is 18.2 Å². The van der Waals surface area contributed by atoms with Gasteiger partial charge in [0.15, 0.2) is 0 Å². The molecule has 3 heteroatoms. The minimum Gasteiger partial charge on any atom is -0.497 e. The van der Waals surface area contributed by atoms with E-state index in [1.54, 1.807) is 7.11 Å². The number of ether oxygens (including phenoxy) is 1. The van der Waals surface area contributed by atoms with Gasteiger partial charge in [-0.1, -0.05) is 13.8 Å². The van der Waals surface area contributed by atoms with E-state index in [1.165, 1.54) is 28.6 Å². The number of hydrogen-bond acceptors (Lipinski definition) is 2. The minimum atomic E-state index is 0.460. The van der Waals surface area contributed by atoms with Crippen LogP contribution in [0.25, 0.3) is 10.9 Å². The average molecular weight is 258 g/mol. The van der Waals surface area contributed by atoms with Crippen LogP contribution in [0, 0.1) is 5.92 Å². The van der Waals surface area contributed by atoms with Crippen molar-refractivity contribution >= 4 is 10.9 Å². The van der Waals surface area contributed by atoms with Crippen molar-refractivity contribution in [2.75, 3.05) is 13.7 Å². The van der Waals surface area contributed by atoms with Gasteiger partial charge in [0, 0.05) is 22.6 Å². The molecular formula is C16H22N2O. The van der Waals surface area contributed by atoms with Crippen LogP contribution < -0.4 is 10.1 Å². The number of aromatic amines is 1. The molecule has 3 rings (SSSR count). The maximum Gasteiger partial charge on any atom is 0.119 e. The van der Waals surface area contributed by atoms with Crippen LogP contribution in [0.5, 0.6) is 5.75 Å². The van der Waals surface area contributed by atoms with Gasteiger partial charge in [-0.05, 0) is 49.1 Å². The van der Waals surface area contributed by atoms with Crippen molar-refractivity contribution in [1.82, 2.24) is 10.3 Å². The highest BCUT2D eigenvalue weighted by molar-refractivity contribution is 5.86. The largest absolute Gasteiger partial charge is 0.497 e. The van der Waals surface area contributed by atoms with Crippen molar-refractivity contribution in [1.29, 1.82) is 0 Å². The van der Waals surface area contributed by atoms with Crippen molar-refractivity contribution in [3.8, 4) is 5.75 Å². The Balaban J connectivity index is 2.07. The molecule has 0 radical (unpaired) electrons. The molecule has 0 aliphatic carbocycles. The van der Waals surface area contributed by atoms with Crippen molar-refractivity contribution in [2.45, 2.75) is 32.7 Å². The Labute approximate surface area is 114 Å². The van der Waals surface area contributed by atoms with Gasteiger partial charge in [0.1, 0.15) is 5.75 Å². The first-order chi connectivity index (χ1) is 9.19. The van der Waals surface area contributed by atoms with E-state index in [1.807, 2.05) is 6.07 Å². The fourth-order valence-electron chi connectivity index (χ4n) is 3.09.